The highest BCUT2D eigenvalue weighted by molar-refractivity contribution is 6.00. The van der Waals surface area contributed by atoms with Gasteiger partial charge < -0.3 is 10.2 Å². The Kier molecular flexibility index (Phi) is 4.32. The molecule has 1 aromatic rings. The van der Waals surface area contributed by atoms with Crippen LogP contribution in [0.1, 0.15) is 32.8 Å². The van der Waals surface area contributed by atoms with Crippen molar-refractivity contribution in [2.45, 2.75) is 38.8 Å². The van der Waals surface area contributed by atoms with Crippen molar-refractivity contribution in [2.75, 3.05) is 6.54 Å². The number of rotatable bonds is 3. The number of carbonyl (C=O) groups excluding carboxylic acids is 2. The summed E-state index contributed by atoms with van der Waals surface area (Å²) in [7, 11) is 0. The summed E-state index contributed by atoms with van der Waals surface area (Å²) in [6.07, 6.45) is 0.577. The first-order valence-electron chi connectivity index (χ1n) is 7.12. The average molecular weight is 284 g/mol. The lowest BCUT2D eigenvalue weighted by Crippen LogP contribution is -2.67. The molecule has 4 heteroatoms. The van der Waals surface area contributed by atoms with Crippen LogP contribution in [0.15, 0.2) is 30.3 Å². The first-order chi connectivity index (χ1) is 10.0. The smallest absolute Gasteiger partial charge is 0.254 e. The predicted octanol–water partition coefficient (Wildman–Crippen LogP) is 1.66. The van der Waals surface area contributed by atoms with Crippen LogP contribution in [-0.2, 0) is 15.1 Å². The summed E-state index contributed by atoms with van der Waals surface area (Å²) in [6.45, 7) is 5.66. The summed E-state index contributed by atoms with van der Waals surface area (Å²) in [5, 5.41) is 2.89. The molecule has 0 radical (unpaired) electrons. The second-order valence-electron chi connectivity index (χ2n) is 5.26. The molecule has 1 aliphatic rings. The molecule has 1 saturated heterocycles. The van der Waals surface area contributed by atoms with E-state index in [0.29, 0.717) is 6.42 Å². The third-order valence-electron chi connectivity index (χ3n) is 3.90. The summed E-state index contributed by atoms with van der Waals surface area (Å²) in [5.74, 6) is 5.45. The minimum atomic E-state index is -1.03. The molecule has 2 unspecified atom stereocenters. The van der Waals surface area contributed by atoms with Crippen molar-refractivity contribution >= 4 is 11.8 Å². The van der Waals surface area contributed by atoms with E-state index in [1.54, 1.807) is 18.7 Å². The van der Waals surface area contributed by atoms with Crippen LogP contribution >= 0.6 is 0 Å². The molecule has 0 aliphatic carbocycles. The number of carbonyl (C=O) groups is 2. The van der Waals surface area contributed by atoms with Crippen molar-refractivity contribution in [3.8, 4) is 11.8 Å². The van der Waals surface area contributed by atoms with Crippen molar-refractivity contribution in [2.24, 2.45) is 0 Å². The molecule has 1 N–H and O–H groups in total. The van der Waals surface area contributed by atoms with Gasteiger partial charge in [-0.05, 0) is 25.8 Å². The van der Waals surface area contributed by atoms with Crippen molar-refractivity contribution in [3.05, 3.63) is 35.9 Å². The quantitative estimate of drug-likeness (QED) is 0.858. The molecule has 0 saturated carbocycles. The summed E-state index contributed by atoms with van der Waals surface area (Å²) in [5.41, 5.74) is -0.244. The summed E-state index contributed by atoms with van der Waals surface area (Å²) in [6, 6.07) is 8.87. The molecule has 21 heavy (non-hydrogen) atoms. The molecule has 2 atom stereocenters. The Hall–Kier alpha value is -2.28. The second-order valence-corrected chi connectivity index (χ2v) is 5.26. The van der Waals surface area contributed by atoms with Gasteiger partial charge in [0, 0.05) is 0 Å². The third kappa shape index (κ3) is 2.64. The van der Waals surface area contributed by atoms with E-state index in [-0.39, 0.29) is 18.4 Å². The molecule has 0 aromatic heterocycles. The van der Waals surface area contributed by atoms with Crippen LogP contribution in [0.5, 0.6) is 0 Å². The van der Waals surface area contributed by atoms with E-state index in [1.165, 1.54) is 0 Å². The van der Waals surface area contributed by atoms with Crippen LogP contribution in [0.2, 0.25) is 0 Å². The fraction of sp³-hybridized carbons (Fsp3) is 0.412. The molecule has 2 amide bonds. The van der Waals surface area contributed by atoms with E-state index < -0.39 is 11.6 Å². The number of nitrogens with zero attached hydrogens (tertiary/aromatic N) is 1. The fourth-order valence-corrected chi connectivity index (χ4v) is 2.67. The van der Waals surface area contributed by atoms with E-state index in [4.69, 9.17) is 0 Å². The zero-order valence-electron chi connectivity index (χ0n) is 12.6. The van der Waals surface area contributed by atoms with Gasteiger partial charge in [0.05, 0.1) is 6.54 Å². The number of piperazine rings is 1. The molecule has 4 nitrogen and oxygen atoms in total. The maximum atomic E-state index is 12.9. The molecule has 1 aromatic carbocycles. The number of nitrogens with one attached hydrogen (secondary N) is 1. The topological polar surface area (TPSA) is 49.4 Å². The Bertz CT molecular complexity index is 600. The Morgan fingerprint density at radius 2 is 1.95 bits per heavy atom. The molecule has 110 valence electrons. The van der Waals surface area contributed by atoms with Gasteiger partial charge in [-0.25, -0.2) is 0 Å². The van der Waals surface area contributed by atoms with Crippen molar-refractivity contribution in [3.63, 3.8) is 0 Å². The van der Waals surface area contributed by atoms with E-state index in [2.05, 4.69) is 17.2 Å². The van der Waals surface area contributed by atoms with Crippen LogP contribution in [0.25, 0.3) is 0 Å². The highest BCUT2D eigenvalue weighted by Gasteiger charge is 2.48. The number of hydrogen-bond acceptors (Lipinski definition) is 2. The summed E-state index contributed by atoms with van der Waals surface area (Å²) < 4.78 is 0. The van der Waals surface area contributed by atoms with Gasteiger partial charge in [0.2, 0.25) is 5.91 Å². The molecular formula is C17H20N2O2. The van der Waals surface area contributed by atoms with Gasteiger partial charge in [-0.3, -0.25) is 9.59 Å². The first-order valence-corrected chi connectivity index (χ1v) is 7.12. The van der Waals surface area contributed by atoms with Crippen molar-refractivity contribution < 1.29 is 9.59 Å². The molecule has 1 aliphatic heterocycles. The minimum absolute atomic E-state index is 0.108. The van der Waals surface area contributed by atoms with E-state index in [0.717, 1.165) is 5.56 Å². The van der Waals surface area contributed by atoms with Gasteiger partial charge in [-0.15, -0.1) is 5.92 Å². The van der Waals surface area contributed by atoms with Crippen LogP contribution in [0, 0.1) is 11.8 Å². The number of amides is 2. The highest BCUT2D eigenvalue weighted by Crippen LogP contribution is 2.29. The van der Waals surface area contributed by atoms with Gasteiger partial charge in [0.15, 0.2) is 0 Å². The SMILES string of the molecule is CC#CCN1C(=O)C(C)(c2ccccc2)NC(=O)C1CC. The van der Waals surface area contributed by atoms with Crippen LogP contribution in [0.4, 0.5) is 0 Å². The standard InChI is InChI=1S/C17H20N2O2/c1-4-6-12-19-14(5-2)15(20)18-17(3,16(19)21)13-10-8-7-9-11-13/h7-11,14H,5,12H2,1-3H3,(H,18,20). The lowest BCUT2D eigenvalue weighted by Gasteiger charge is -2.43. The minimum Gasteiger partial charge on any atom is -0.336 e. The van der Waals surface area contributed by atoms with Gasteiger partial charge >= 0.3 is 0 Å². The van der Waals surface area contributed by atoms with E-state index >= 15 is 0 Å². The fourth-order valence-electron chi connectivity index (χ4n) is 2.67. The van der Waals surface area contributed by atoms with Crippen LogP contribution in [-0.4, -0.2) is 29.3 Å². The largest absolute Gasteiger partial charge is 0.336 e. The molecule has 0 bridgehead atoms. The second kappa shape index (κ2) is 6.01. The normalized spacial score (nSPS) is 25.1. The van der Waals surface area contributed by atoms with Crippen molar-refractivity contribution in [1.29, 1.82) is 0 Å². The number of benzene rings is 1. The third-order valence-corrected chi connectivity index (χ3v) is 3.90. The molecule has 2 rings (SSSR count). The van der Waals surface area contributed by atoms with Crippen LogP contribution < -0.4 is 5.32 Å². The molecular weight excluding hydrogens is 264 g/mol. The van der Waals surface area contributed by atoms with E-state index in [1.807, 2.05) is 37.3 Å². The van der Waals surface area contributed by atoms with E-state index in [9.17, 15) is 9.59 Å². The van der Waals surface area contributed by atoms with Gasteiger partial charge in [-0.1, -0.05) is 43.2 Å². The monoisotopic (exact) mass is 284 g/mol. The average Bonchev–Trinajstić information content (AvgIpc) is 2.50. The van der Waals surface area contributed by atoms with Crippen molar-refractivity contribution in [1.82, 2.24) is 10.2 Å². The molecule has 1 fully saturated rings. The maximum Gasteiger partial charge on any atom is 0.254 e. The molecule has 1 heterocycles. The molecule has 0 spiro atoms. The van der Waals surface area contributed by atoms with Gasteiger partial charge in [-0.2, -0.15) is 0 Å². The number of hydrogen-bond donors (Lipinski definition) is 1. The zero-order valence-corrected chi connectivity index (χ0v) is 12.6. The lowest BCUT2D eigenvalue weighted by atomic mass is 9.86. The Morgan fingerprint density at radius 1 is 1.29 bits per heavy atom. The van der Waals surface area contributed by atoms with Crippen LogP contribution in [0.3, 0.4) is 0 Å². The first kappa shape index (κ1) is 15.1. The Labute approximate surface area is 125 Å². The maximum absolute atomic E-state index is 12.9. The summed E-state index contributed by atoms with van der Waals surface area (Å²) in [4.78, 5) is 26.9. The predicted molar refractivity (Wildman–Crippen MR) is 81.2 cm³/mol. The lowest BCUT2D eigenvalue weighted by molar-refractivity contribution is -0.154. The van der Waals surface area contributed by atoms with Gasteiger partial charge in [0.1, 0.15) is 11.6 Å². The van der Waals surface area contributed by atoms with Gasteiger partial charge in [0.25, 0.3) is 5.91 Å². The summed E-state index contributed by atoms with van der Waals surface area (Å²) >= 11 is 0. The highest BCUT2D eigenvalue weighted by atomic mass is 16.2. The zero-order chi connectivity index (χ0) is 15.5. The Balaban J connectivity index is 2.43. The Morgan fingerprint density at radius 3 is 2.52 bits per heavy atom.